The third kappa shape index (κ3) is 2.14. The van der Waals surface area contributed by atoms with E-state index in [9.17, 15) is 9.90 Å². The van der Waals surface area contributed by atoms with Crippen molar-refractivity contribution >= 4 is 11.0 Å². The fourth-order valence-electron chi connectivity index (χ4n) is 2.53. The highest BCUT2D eigenvalue weighted by atomic mass is 16.3. The Labute approximate surface area is 116 Å². The maximum absolute atomic E-state index is 11.3. The first-order valence-corrected chi connectivity index (χ1v) is 6.52. The second-order valence-corrected chi connectivity index (χ2v) is 5.15. The Morgan fingerprint density at radius 1 is 1.00 bits per heavy atom. The number of benzene rings is 2. The summed E-state index contributed by atoms with van der Waals surface area (Å²) in [5.41, 5.74) is 5.08. The molecule has 0 spiro atoms. The number of H-pyrrole nitrogens is 2. The minimum absolute atomic E-state index is 0.238. The van der Waals surface area contributed by atoms with Crippen LogP contribution < -0.4 is 5.69 Å². The highest BCUT2D eigenvalue weighted by Crippen LogP contribution is 2.26. The van der Waals surface area contributed by atoms with Crippen LogP contribution in [0.1, 0.15) is 28.4 Å². The van der Waals surface area contributed by atoms with Gasteiger partial charge in [0.2, 0.25) is 0 Å². The fourth-order valence-corrected chi connectivity index (χ4v) is 2.53. The molecule has 0 saturated carbocycles. The lowest BCUT2D eigenvalue weighted by atomic mass is 9.96. The Morgan fingerprint density at radius 3 is 2.50 bits per heavy atom. The third-order valence-electron chi connectivity index (χ3n) is 3.58. The Balaban J connectivity index is 2.06. The van der Waals surface area contributed by atoms with Crippen molar-refractivity contribution in [1.29, 1.82) is 0 Å². The Kier molecular flexibility index (Phi) is 2.95. The molecule has 0 bridgehead atoms. The summed E-state index contributed by atoms with van der Waals surface area (Å²) in [7, 11) is 0. The normalized spacial score (nSPS) is 12.8. The van der Waals surface area contributed by atoms with Gasteiger partial charge < -0.3 is 15.1 Å². The van der Waals surface area contributed by atoms with Crippen molar-refractivity contribution in [3.8, 4) is 0 Å². The zero-order chi connectivity index (χ0) is 14.3. The van der Waals surface area contributed by atoms with Crippen molar-refractivity contribution in [2.24, 2.45) is 0 Å². The van der Waals surface area contributed by atoms with Gasteiger partial charge in [-0.3, -0.25) is 0 Å². The molecule has 102 valence electrons. The predicted molar refractivity (Wildman–Crippen MR) is 78.9 cm³/mol. The highest BCUT2D eigenvalue weighted by Gasteiger charge is 2.14. The van der Waals surface area contributed by atoms with Gasteiger partial charge in [-0.25, -0.2) is 4.79 Å². The van der Waals surface area contributed by atoms with E-state index in [0.717, 1.165) is 22.2 Å². The second-order valence-electron chi connectivity index (χ2n) is 5.15. The van der Waals surface area contributed by atoms with Gasteiger partial charge in [0.05, 0.1) is 11.0 Å². The largest absolute Gasteiger partial charge is 0.384 e. The average Bonchev–Trinajstić information content (AvgIpc) is 2.77. The molecule has 4 heteroatoms. The molecule has 3 N–H and O–H groups in total. The lowest BCUT2D eigenvalue weighted by molar-refractivity contribution is 0.219. The lowest BCUT2D eigenvalue weighted by Gasteiger charge is -2.14. The van der Waals surface area contributed by atoms with Gasteiger partial charge in [0, 0.05) is 0 Å². The molecule has 1 unspecified atom stereocenters. The maximum Gasteiger partial charge on any atom is 0.323 e. The zero-order valence-corrected chi connectivity index (χ0v) is 11.4. The highest BCUT2D eigenvalue weighted by molar-refractivity contribution is 5.75. The molecular formula is C16H16N2O2. The van der Waals surface area contributed by atoms with Gasteiger partial charge >= 0.3 is 5.69 Å². The lowest BCUT2D eigenvalue weighted by Crippen LogP contribution is -2.02. The van der Waals surface area contributed by atoms with E-state index in [1.54, 1.807) is 12.1 Å². The van der Waals surface area contributed by atoms with Crippen LogP contribution in [0.25, 0.3) is 11.0 Å². The van der Waals surface area contributed by atoms with Crippen molar-refractivity contribution in [3.63, 3.8) is 0 Å². The van der Waals surface area contributed by atoms with Crippen LogP contribution in [0.2, 0.25) is 0 Å². The SMILES string of the molecule is Cc1ccc(C(O)c2ccc3[nH]c(=O)[nH]c3c2)c(C)c1. The van der Waals surface area contributed by atoms with E-state index in [4.69, 9.17) is 0 Å². The van der Waals surface area contributed by atoms with Crippen LogP contribution in [0.5, 0.6) is 0 Å². The summed E-state index contributed by atoms with van der Waals surface area (Å²) < 4.78 is 0. The quantitative estimate of drug-likeness (QED) is 0.668. The number of hydrogen-bond acceptors (Lipinski definition) is 2. The summed E-state index contributed by atoms with van der Waals surface area (Å²) in [4.78, 5) is 16.7. The second kappa shape index (κ2) is 4.65. The van der Waals surface area contributed by atoms with Gasteiger partial charge in [0.25, 0.3) is 0 Å². The van der Waals surface area contributed by atoms with Crippen LogP contribution in [0.15, 0.2) is 41.2 Å². The number of fused-ring (bicyclic) bond motifs is 1. The van der Waals surface area contributed by atoms with E-state index in [0.29, 0.717) is 5.52 Å². The Morgan fingerprint density at radius 2 is 1.75 bits per heavy atom. The monoisotopic (exact) mass is 268 g/mol. The first-order valence-electron chi connectivity index (χ1n) is 6.52. The van der Waals surface area contributed by atoms with E-state index in [1.807, 2.05) is 32.0 Å². The molecule has 0 aliphatic carbocycles. The van der Waals surface area contributed by atoms with Crippen molar-refractivity contribution in [3.05, 3.63) is 69.1 Å². The van der Waals surface area contributed by atoms with Crippen LogP contribution in [-0.2, 0) is 0 Å². The van der Waals surface area contributed by atoms with Crippen molar-refractivity contribution < 1.29 is 5.11 Å². The molecule has 0 aliphatic heterocycles. The van der Waals surface area contributed by atoms with E-state index < -0.39 is 6.10 Å². The minimum atomic E-state index is -0.696. The third-order valence-corrected chi connectivity index (χ3v) is 3.58. The minimum Gasteiger partial charge on any atom is -0.384 e. The van der Waals surface area contributed by atoms with Crippen LogP contribution in [-0.4, -0.2) is 15.1 Å². The number of rotatable bonds is 2. The fraction of sp³-hybridized carbons (Fsp3) is 0.188. The molecule has 2 aromatic carbocycles. The summed E-state index contributed by atoms with van der Waals surface area (Å²) in [6.07, 6.45) is -0.696. The van der Waals surface area contributed by atoms with Gasteiger partial charge in [-0.1, -0.05) is 29.8 Å². The number of hydrogen-bond donors (Lipinski definition) is 3. The number of aromatic nitrogens is 2. The number of aliphatic hydroxyl groups excluding tert-OH is 1. The Hall–Kier alpha value is -2.33. The van der Waals surface area contributed by atoms with Gasteiger partial charge in [0.1, 0.15) is 6.10 Å². The molecule has 1 aromatic heterocycles. The van der Waals surface area contributed by atoms with E-state index in [-0.39, 0.29) is 5.69 Å². The number of aliphatic hydroxyl groups is 1. The summed E-state index contributed by atoms with van der Waals surface area (Å²) in [6.45, 7) is 4.02. The standard InChI is InChI=1S/C16H16N2O2/c1-9-3-5-12(10(2)7-9)15(19)11-4-6-13-14(8-11)18-16(20)17-13/h3-8,15,19H,1-2H3,(H2,17,18,20). The van der Waals surface area contributed by atoms with E-state index in [1.165, 1.54) is 5.56 Å². The predicted octanol–water partition coefficient (Wildman–Crippen LogP) is 2.55. The summed E-state index contributed by atoms with van der Waals surface area (Å²) in [5, 5.41) is 10.5. The van der Waals surface area contributed by atoms with Gasteiger partial charge in [-0.2, -0.15) is 0 Å². The van der Waals surface area contributed by atoms with Crippen LogP contribution in [0.4, 0.5) is 0 Å². The molecule has 0 fully saturated rings. The smallest absolute Gasteiger partial charge is 0.323 e. The van der Waals surface area contributed by atoms with Crippen LogP contribution in [0.3, 0.4) is 0 Å². The van der Waals surface area contributed by atoms with Gasteiger partial charge in [-0.05, 0) is 42.7 Å². The number of aromatic amines is 2. The van der Waals surface area contributed by atoms with Crippen molar-refractivity contribution in [2.45, 2.75) is 20.0 Å². The number of imidazole rings is 1. The van der Waals surface area contributed by atoms with Crippen molar-refractivity contribution in [1.82, 2.24) is 9.97 Å². The molecule has 0 amide bonds. The first kappa shape index (κ1) is 12.7. The van der Waals surface area contributed by atoms with E-state index >= 15 is 0 Å². The van der Waals surface area contributed by atoms with Crippen LogP contribution in [0, 0.1) is 13.8 Å². The molecule has 1 atom stereocenters. The van der Waals surface area contributed by atoms with Crippen LogP contribution >= 0.6 is 0 Å². The molecule has 4 nitrogen and oxygen atoms in total. The molecule has 0 aliphatic rings. The van der Waals surface area contributed by atoms with Gasteiger partial charge in [0.15, 0.2) is 0 Å². The molecule has 0 saturated heterocycles. The molecule has 20 heavy (non-hydrogen) atoms. The average molecular weight is 268 g/mol. The number of nitrogens with one attached hydrogen (secondary N) is 2. The molecule has 1 heterocycles. The number of aryl methyl sites for hydroxylation is 2. The molecular weight excluding hydrogens is 252 g/mol. The zero-order valence-electron chi connectivity index (χ0n) is 11.4. The van der Waals surface area contributed by atoms with Gasteiger partial charge in [-0.15, -0.1) is 0 Å². The Bertz CT molecular complexity index is 830. The van der Waals surface area contributed by atoms with Crippen molar-refractivity contribution in [2.75, 3.05) is 0 Å². The molecule has 0 radical (unpaired) electrons. The van der Waals surface area contributed by atoms with E-state index in [2.05, 4.69) is 16.0 Å². The topological polar surface area (TPSA) is 68.9 Å². The molecule has 3 aromatic rings. The maximum atomic E-state index is 11.3. The summed E-state index contributed by atoms with van der Waals surface area (Å²) >= 11 is 0. The summed E-state index contributed by atoms with van der Waals surface area (Å²) in [6, 6.07) is 11.4. The summed E-state index contributed by atoms with van der Waals surface area (Å²) in [5.74, 6) is 0. The first-order chi connectivity index (χ1) is 9.54. The molecule has 3 rings (SSSR count).